The largest absolute Gasteiger partial charge is 0.377 e. The Morgan fingerprint density at radius 3 is 2.72 bits per heavy atom. The van der Waals surface area contributed by atoms with Crippen molar-refractivity contribution in [3.05, 3.63) is 30.1 Å². The van der Waals surface area contributed by atoms with Gasteiger partial charge in [-0.15, -0.1) is 0 Å². The molecule has 1 spiro atoms. The molecule has 1 atom stereocenters. The number of halogens is 1. The molecule has 0 bridgehead atoms. The number of likely N-dealkylation sites (tertiary alicyclic amines) is 1. The number of urea groups is 1. The monoisotopic (exact) mass is 349 g/mol. The number of hydrogen-bond donors (Lipinski definition) is 1. The first kappa shape index (κ1) is 18.0. The summed E-state index contributed by atoms with van der Waals surface area (Å²) in [5.41, 5.74) is 0.753. The standard InChI is InChI=1S/C19H28FN3O2/c1-14(2)12-21-18(24)22-9-7-19(8-10-22)17(25-3)13-23(19)16-6-4-5-15(20)11-16/h4-6,11,14,17H,7-10,12-13H2,1-3H3,(H,21,24). The molecular weight excluding hydrogens is 321 g/mol. The fourth-order valence-corrected chi connectivity index (χ4v) is 3.97. The van der Waals surface area contributed by atoms with Gasteiger partial charge in [0.25, 0.3) is 0 Å². The van der Waals surface area contributed by atoms with Crippen molar-refractivity contribution in [2.45, 2.75) is 38.3 Å². The zero-order valence-electron chi connectivity index (χ0n) is 15.3. The highest BCUT2D eigenvalue weighted by Gasteiger charge is 2.55. The van der Waals surface area contributed by atoms with Crippen molar-refractivity contribution in [1.29, 1.82) is 0 Å². The van der Waals surface area contributed by atoms with Gasteiger partial charge in [0.15, 0.2) is 0 Å². The minimum atomic E-state index is -0.223. The third-order valence-electron chi connectivity index (χ3n) is 5.47. The van der Waals surface area contributed by atoms with Gasteiger partial charge in [0.2, 0.25) is 0 Å². The number of carbonyl (C=O) groups is 1. The van der Waals surface area contributed by atoms with Gasteiger partial charge in [-0.2, -0.15) is 0 Å². The molecule has 2 fully saturated rings. The van der Waals surface area contributed by atoms with E-state index in [2.05, 4.69) is 24.1 Å². The Hall–Kier alpha value is -1.82. The summed E-state index contributed by atoms with van der Waals surface area (Å²) in [6.07, 6.45) is 1.78. The van der Waals surface area contributed by atoms with Gasteiger partial charge >= 0.3 is 6.03 Å². The first-order valence-corrected chi connectivity index (χ1v) is 9.05. The van der Waals surface area contributed by atoms with Crippen molar-refractivity contribution in [1.82, 2.24) is 10.2 Å². The highest BCUT2D eigenvalue weighted by Crippen LogP contribution is 2.44. The van der Waals surface area contributed by atoms with Crippen LogP contribution < -0.4 is 10.2 Å². The Labute approximate surface area is 149 Å². The fourth-order valence-electron chi connectivity index (χ4n) is 3.97. The van der Waals surface area contributed by atoms with E-state index in [4.69, 9.17) is 4.74 Å². The van der Waals surface area contributed by atoms with E-state index in [1.165, 1.54) is 6.07 Å². The summed E-state index contributed by atoms with van der Waals surface area (Å²) in [6, 6.07) is 6.74. The highest BCUT2D eigenvalue weighted by atomic mass is 19.1. The van der Waals surface area contributed by atoms with E-state index in [9.17, 15) is 9.18 Å². The molecule has 1 aromatic rings. The lowest BCUT2D eigenvalue weighted by Gasteiger charge is -2.61. The Morgan fingerprint density at radius 2 is 2.12 bits per heavy atom. The molecule has 1 unspecified atom stereocenters. The lowest BCUT2D eigenvalue weighted by atomic mass is 9.73. The second-order valence-corrected chi connectivity index (χ2v) is 7.49. The zero-order chi connectivity index (χ0) is 18.0. The number of anilines is 1. The van der Waals surface area contributed by atoms with E-state index >= 15 is 0 Å². The molecule has 25 heavy (non-hydrogen) atoms. The number of hydrogen-bond acceptors (Lipinski definition) is 3. The van der Waals surface area contributed by atoms with Crippen LogP contribution >= 0.6 is 0 Å². The van der Waals surface area contributed by atoms with Gasteiger partial charge in [-0.25, -0.2) is 9.18 Å². The molecule has 2 heterocycles. The van der Waals surface area contributed by atoms with Crippen molar-refractivity contribution in [3.8, 4) is 0 Å². The van der Waals surface area contributed by atoms with Crippen LogP contribution in [0.3, 0.4) is 0 Å². The molecule has 138 valence electrons. The van der Waals surface area contributed by atoms with Gasteiger partial charge in [-0.1, -0.05) is 19.9 Å². The summed E-state index contributed by atoms with van der Waals surface area (Å²) in [6.45, 7) is 7.00. The fraction of sp³-hybridized carbons (Fsp3) is 0.632. The topological polar surface area (TPSA) is 44.8 Å². The van der Waals surface area contributed by atoms with E-state index in [0.29, 0.717) is 25.6 Å². The second kappa shape index (κ2) is 7.20. The number of ether oxygens (including phenoxy) is 1. The Morgan fingerprint density at radius 1 is 1.40 bits per heavy atom. The van der Waals surface area contributed by atoms with Crippen LogP contribution in [0.4, 0.5) is 14.9 Å². The first-order valence-electron chi connectivity index (χ1n) is 9.05. The lowest BCUT2D eigenvalue weighted by molar-refractivity contribution is -0.0417. The van der Waals surface area contributed by atoms with Crippen LogP contribution in [-0.2, 0) is 4.74 Å². The van der Waals surface area contributed by atoms with Crippen LogP contribution in [0.2, 0.25) is 0 Å². The van der Waals surface area contributed by atoms with Crippen molar-refractivity contribution < 1.29 is 13.9 Å². The van der Waals surface area contributed by atoms with Gasteiger partial charge in [0.1, 0.15) is 5.82 Å². The third kappa shape index (κ3) is 3.45. The second-order valence-electron chi connectivity index (χ2n) is 7.49. The van der Waals surface area contributed by atoms with E-state index in [1.54, 1.807) is 19.2 Å². The van der Waals surface area contributed by atoms with Gasteiger partial charge in [0.05, 0.1) is 11.6 Å². The van der Waals surface area contributed by atoms with Crippen LogP contribution in [0.5, 0.6) is 0 Å². The SMILES string of the molecule is COC1CN(c2cccc(F)c2)C12CCN(C(=O)NCC(C)C)CC2. The Bertz CT molecular complexity index is 614. The zero-order valence-corrected chi connectivity index (χ0v) is 15.3. The number of methoxy groups -OCH3 is 1. The molecule has 2 amide bonds. The van der Waals surface area contributed by atoms with E-state index in [-0.39, 0.29) is 23.5 Å². The van der Waals surface area contributed by atoms with Crippen LogP contribution in [0, 0.1) is 11.7 Å². The predicted octanol–water partition coefficient (Wildman–Crippen LogP) is 2.86. The molecule has 1 N–H and O–H groups in total. The molecule has 0 saturated carbocycles. The maximum Gasteiger partial charge on any atom is 0.317 e. The maximum absolute atomic E-state index is 13.6. The summed E-state index contributed by atoms with van der Waals surface area (Å²) in [5.74, 6) is 0.215. The van der Waals surface area contributed by atoms with Crippen LogP contribution in [0.25, 0.3) is 0 Å². The van der Waals surface area contributed by atoms with Crippen molar-refractivity contribution in [3.63, 3.8) is 0 Å². The summed E-state index contributed by atoms with van der Waals surface area (Å²) >= 11 is 0. The van der Waals surface area contributed by atoms with Gasteiger partial charge in [0, 0.05) is 39.0 Å². The summed E-state index contributed by atoms with van der Waals surface area (Å²) in [4.78, 5) is 16.4. The maximum atomic E-state index is 13.6. The minimum Gasteiger partial charge on any atom is -0.377 e. The molecule has 3 rings (SSSR count). The van der Waals surface area contributed by atoms with Gasteiger partial charge < -0.3 is 19.9 Å². The number of amides is 2. The minimum absolute atomic E-state index is 0.00847. The Balaban J connectivity index is 1.67. The van der Waals surface area contributed by atoms with Crippen molar-refractivity contribution in [2.24, 2.45) is 5.92 Å². The number of nitrogens with zero attached hydrogens (tertiary/aromatic N) is 2. The molecular formula is C19H28FN3O2. The van der Waals surface area contributed by atoms with Crippen LogP contribution in [0.15, 0.2) is 24.3 Å². The average Bonchev–Trinajstić information content (AvgIpc) is 2.59. The number of benzene rings is 1. The van der Waals surface area contributed by atoms with E-state index < -0.39 is 0 Å². The molecule has 2 aliphatic heterocycles. The van der Waals surface area contributed by atoms with E-state index in [1.807, 2.05) is 11.0 Å². The Kier molecular flexibility index (Phi) is 5.18. The molecule has 5 nitrogen and oxygen atoms in total. The van der Waals surface area contributed by atoms with Crippen LogP contribution in [0.1, 0.15) is 26.7 Å². The summed E-state index contributed by atoms with van der Waals surface area (Å²) in [7, 11) is 1.73. The highest BCUT2D eigenvalue weighted by molar-refractivity contribution is 5.74. The normalized spacial score (nSPS) is 22.2. The first-order chi connectivity index (χ1) is 12.0. The molecule has 1 aromatic carbocycles. The molecule has 2 aliphatic rings. The number of rotatable bonds is 4. The van der Waals surface area contributed by atoms with Crippen molar-refractivity contribution >= 4 is 11.7 Å². The van der Waals surface area contributed by atoms with E-state index in [0.717, 1.165) is 25.1 Å². The number of piperidine rings is 1. The summed E-state index contributed by atoms with van der Waals surface area (Å²) < 4.78 is 19.3. The molecule has 0 radical (unpaired) electrons. The molecule has 2 saturated heterocycles. The molecule has 0 aromatic heterocycles. The van der Waals surface area contributed by atoms with Gasteiger partial charge in [-0.3, -0.25) is 0 Å². The number of carbonyl (C=O) groups excluding carboxylic acids is 1. The quantitative estimate of drug-likeness (QED) is 0.909. The van der Waals surface area contributed by atoms with Gasteiger partial charge in [-0.05, 0) is 37.0 Å². The lowest BCUT2D eigenvalue weighted by Crippen LogP contribution is -2.74. The predicted molar refractivity (Wildman–Crippen MR) is 96.3 cm³/mol. The number of nitrogens with one attached hydrogen (secondary N) is 1. The summed E-state index contributed by atoms with van der Waals surface area (Å²) in [5, 5.41) is 2.98. The van der Waals surface area contributed by atoms with Crippen molar-refractivity contribution in [2.75, 3.05) is 38.2 Å². The smallest absolute Gasteiger partial charge is 0.317 e. The van der Waals surface area contributed by atoms with Crippen LogP contribution in [-0.4, -0.2) is 55.9 Å². The third-order valence-corrected chi connectivity index (χ3v) is 5.47. The molecule has 0 aliphatic carbocycles. The molecule has 6 heteroatoms. The average molecular weight is 349 g/mol.